The van der Waals surface area contributed by atoms with Crippen molar-refractivity contribution in [1.82, 2.24) is 23.9 Å². The van der Waals surface area contributed by atoms with Gasteiger partial charge in [0.15, 0.2) is 5.65 Å². The summed E-state index contributed by atoms with van der Waals surface area (Å²) >= 11 is 0. The fraction of sp³-hybridized carbons (Fsp3) is 0.0417. The van der Waals surface area contributed by atoms with Gasteiger partial charge in [-0.15, -0.1) is 0 Å². The van der Waals surface area contributed by atoms with Gasteiger partial charge >= 0.3 is 0 Å². The second kappa shape index (κ2) is 7.81. The molecule has 0 aliphatic rings. The summed E-state index contributed by atoms with van der Waals surface area (Å²) in [6.45, 7) is 0. The van der Waals surface area contributed by atoms with Crippen LogP contribution in [0.5, 0.6) is 0 Å². The number of amides is 1. The van der Waals surface area contributed by atoms with Crippen LogP contribution in [-0.4, -0.2) is 36.9 Å². The molecule has 0 aliphatic carbocycles. The number of fused-ring (bicyclic) bond motifs is 1. The summed E-state index contributed by atoms with van der Waals surface area (Å²) in [6, 6.07) is 16.9. The van der Waals surface area contributed by atoms with Gasteiger partial charge in [-0.1, -0.05) is 12.1 Å². The third-order valence-corrected chi connectivity index (χ3v) is 5.27. The average Bonchev–Trinajstić information content (AvgIpc) is 3.53. The molecule has 8 heteroatoms. The summed E-state index contributed by atoms with van der Waals surface area (Å²) in [7, 11) is 1.68. The van der Waals surface area contributed by atoms with Crippen molar-refractivity contribution in [3.05, 3.63) is 97.1 Å². The van der Waals surface area contributed by atoms with Gasteiger partial charge in [0.25, 0.3) is 5.91 Å². The van der Waals surface area contributed by atoms with Crippen LogP contribution in [0.3, 0.4) is 0 Å². The molecule has 5 rings (SSSR count). The van der Waals surface area contributed by atoms with Gasteiger partial charge in [0.2, 0.25) is 0 Å². The molecule has 2 aromatic carbocycles. The summed E-state index contributed by atoms with van der Waals surface area (Å²) in [5.74, 6) is -0.258. The first kappa shape index (κ1) is 19.2. The van der Waals surface area contributed by atoms with Gasteiger partial charge in [-0.2, -0.15) is 5.26 Å². The van der Waals surface area contributed by atoms with Gasteiger partial charge in [-0.25, -0.2) is 15.0 Å². The lowest BCUT2D eigenvalue weighted by Gasteiger charge is -2.17. The minimum Gasteiger partial charge on any atom is -0.310 e. The predicted molar refractivity (Wildman–Crippen MR) is 119 cm³/mol. The van der Waals surface area contributed by atoms with Crippen LogP contribution in [0.25, 0.3) is 22.6 Å². The van der Waals surface area contributed by atoms with E-state index in [9.17, 15) is 4.79 Å². The molecule has 0 saturated carbocycles. The van der Waals surface area contributed by atoms with Gasteiger partial charge in [0, 0.05) is 42.6 Å². The Hall–Kier alpha value is -4.77. The molecule has 0 saturated heterocycles. The number of nitriles is 1. The molecule has 154 valence electrons. The number of hydrogen-bond donors (Lipinski definition) is 0. The maximum absolute atomic E-state index is 13.0. The molecule has 3 heterocycles. The van der Waals surface area contributed by atoms with Crippen molar-refractivity contribution < 1.29 is 4.79 Å². The van der Waals surface area contributed by atoms with Crippen molar-refractivity contribution in [2.75, 3.05) is 11.9 Å². The van der Waals surface area contributed by atoms with Gasteiger partial charge in [0.05, 0.1) is 36.0 Å². The molecule has 1 amide bonds. The smallest absolute Gasteiger partial charge is 0.278 e. The topological polar surface area (TPSA) is 92.1 Å². The first-order chi connectivity index (χ1) is 15.6. The van der Waals surface area contributed by atoms with E-state index in [0.29, 0.717) is 22.6 Å². The first-order valence-electron chi connectivity index (χ1n) is 9.84. The summed E-state index contributed by atoms with van der Waals surface area (Å²) in [5.41, 5.74) is 4.98. The Kier molecular flexibility index (Phi) is 4.69. The fourth-order valence-corrected chi connectivity index (χ4v) is 3.48. The highest BCUT2D eigenvalue weighted by molar-refractivity contribution is 6.04. The van der Waals surface area contributed by atoms with Crippen molar-refractivity contribution in [2.24, 2.45) is 0 Å². The molecular formula is C24H17N7O. The van der Waals surface area contributed by atoms with Gasteiger partial charge in [0.1, 0.15) is 5.69 Å². The van der Waals surface area contributed by atoms with E-state index in [-0.39, 0.29) is 5.91 Å². The Bertz CT molecular complexity index is 1440. The minimum absolute atomic E-state index is 0.258. The molecule has 5 aromatic rings. The van der Waals surface area contributed by atoms with Gasteiger partial charge in [-0.3, -0.25) is 9.20 Å². The van der Waals surface area contributed by atoms with Crippen molar-refractivity contribution in [2.45, 2.75) is 0 Å². The molecular weight excluding hydrogens is 402 g/mol. The molecule has 8 nitrogen and oxygen atoms in total. The summed E-state index contributed by atoms with van der Waals surface area (Å²) < 4.78 is 3.79. The van der Waals surface area contributed by atoms with Crippen molar-refractivity contribution in [3.63, 3.8) is 0 Å². The van der Waals surface area contributed by atoms with Crippen LogP contribution in [0.15, 0.2) is 85.8 Å². The quantitative estimate of drug-likeness (QED) is 0.443. The molecule has 0 aliphatic heterocycles. The third-order valence-electron chi connectivity index (χ3n) is 5.27. The van der Waals surface area contributed by atoms with Crippen LogP contribution in [0.4, 0.5) is 5.69 Å². The lowest BCUT2D eigenvalue weighted by molar-refractivity contribution is 0.0988. The number of carbonyl (C=O) groups excluding carboxylic acids is 1. The summed E-state index contributed by atoms with van der Waals surface area (Å²) in [5, 5.41) is 8.96. The van der Waals surface area contributed by atoms with E-state index in [2.05, 4.69) is 21.0 Å². The largest absolute Gasteiger partial charge is 0.310 e. The molecule has 0 bridgehead atoms. The van der Waals surface area contributed by atoms with Crippen LogP contribution < -0.4 is 4.90 Å². The van der Waals surface area contributed by atoms with Gasteiger partial charge < -0.3 is 9.47 Å². The van der Waals surface area contributed by atoms with E-state index in [1.807, 2.05) is 39.4 Å². The molecule has 0 radical (unpaired) electrons. The third kappa shape index (κ3) is 3.38. The highest BCUT2D eigenvalue weighted by atomic mass is 16.2. The number of benzene rings is 2. The second-order valence-electron chi connectivity index (χ2n) is 7.18. The Morgan fingerprint density at radius 3 is 2.50 bits per heavy atom. The zero-order chi connectivity index (χ0) is 22.1. The molecule has 0 N–H and O–H groups in total. The summed E-state index contributed by atoms with van der Waals surface area (Å²) in [6.07, 6.45) is 10.4. The number of rotatable bonds is 4. The maximum atomic E-state index is 13.0. The highest BCUT2D eigenvalue weighted by Gasteiger charge is 2.17. The Labute approximate surface area is 183 Å². The number of imidazole rings is 2. The standard InChI is InChI=1S/C24H17N7O/c1-29(19-6-2-17(12-25)3-7-19)24(32)21-15-31-22(13-28-23(31)14-27-21)18-4-8-20(9-5-18)30-11-10-26-16-30/h2-11,13-16H,1H3. The number of nitrogens with zero attached hydrogens (tertiary/aromatic N) is 7. The van der Waals surface area contributed by atoms with Crippen molar-refractivity contribution in [3.8, 4) is 23.0 Å². The number of carbonyl (C=O) groups is 1. The van der Waals surface area contributed by atoms with Gasteiger partial charge in [-0.05, 0) is 36.4 Å². The second-order valence-corrected chi connectivity index (χ2v) is 7.18. The first-order valence-corrected chi connectivity index (χ1v) is 9.84. The zero-order valence-electron chi connectivity index (χ0n) is 17.1. The lowest BCUT2D eigenvalue weighted by Crippen LogP contribution is -2.27. The van der Waals surface area contributed by atoms with Crippen molar-refractivity contribution >= 4 is 17.2 Å². The van der Waals surface area contributed by atoms with E-state index >= 15 is 0 Å². The van der Waals surface area contributed by atoms with Crippen LogP contribution >= 0.6 is 0 Å². The van der Waals surface area contributed by atoms with Crippen LogP contribution in [0, 0.1) is 11.3 Å². The lowest BCUT2D eigenvalue weighted by atomic mass is 10.1. The molecule has 3 aromatic heterocycles. The maximum Gasteiger partial charge on any atom is 0.278 e. The van der Waals surface area contributed by atoms with E-state index in [1.54, 1.807) is 62.4 Å². The fourth-order valence-electron chi connectivity index (χ4n) is 3.48. The predicted octanol–water partition coefficient (Wildman–Crippen LogP) is 3.73. The minimum atomic E-state index is -0.258. The molecule has 0 fully saturated rings. The van der Waals surface area contributed by atoms with E-state index in [0.717, 1.165) is 16.9 Å². The molecule has 0 spiro atoms. The molecule has 0 unspecified atom stereocenters. The number of aromatic nitrogens is 5. The van der Waals surface area contributed by atoms with E-state index < -0.39 is 0 Å². The van der Waals surface area contributed by atoms with E-state index in [4.69, 9.17) is 5.26 Å². The Balaban J connectivity index is 1.47. The monoisotopic (exact) mass is 419 g/mol. The zero-order valence-corrected chi connectivity index (χ0v) is 17.1. The average molecular weight is 419 g/mol. The Morgan fingerprint density at radius 2 is 1.81 bits per heavy atom. The van der Waals surface area contributed by atoms with Crippen LogP contribution in [0.2, 0.25) is 0 Å². The molecule has 32 heavy (non-hydrogen) atoms. The molecule has 0 atom stereocenters. The van der Waals surface area contributed by atoms with Crippen LogP contribution in [0.1, 0.15) is 16.1 Å². The normalized spacial score (nSPS) is 10.8. The Morgan fingerprint density at radius 1 is 1.03 bits per heavy atom. The van der Waals surface area contributed by atoms with Crippen LogP contribution in [-0.2, 0) is 0 Å². The van der Waals surface area contributed by atoms with Crippen molar-refractivity contribution in [1.29, 1.82) is 5.26 Å². The number of hydrogen-bond acceptors (Lipinski definition) is 5. The SMILES string of the molecule is CN(C(=O)c1cn2c(-c3ccc(-n4ccnc4)cc3)cnc2cn1)c1ccc(C#N)cc1. The summed E-state index contributed by atoms with van der Waals surface area (Å²) in [4.78, 5) is 27.3. The number of anilines is 1. The van der Waals surface area contributed by atoms with E-state index in [1.165, 1.54) is 4.90 Å². The highest BCUT2D eigenvalue weighted by Crippen LogP contribution is 2.23.